The van der Waals surface area contributed by atoms with Gasteiger partial charge in [0.2, 0.25) is 5.91 Å². The van der Waals surface area contributed by atoms with Crippen LogP contribution in [0.15, 0.2) is 24.3 Å². The van der Waals surface area contributed by atoms with E-state index >= 15 is 0 Å². The topological polar surface area (TPSA) is 84.9 Å². The van der Waals surface area contributed by atoms with E-state index in [0.29, 0.717) is 19.8 Å². The van der Waals surface area contributed by atoms with Gasteiger partial charge in [0.15, 0.2) is 0 Å². The van der Waals surface area contributed by atoms with E-state index in [1.807, 2.05) is 0 Å². The molecule has 1 aromatic rings. The third-order valence-corrected chi connectivity index (χ3v) is 3.45. The summed E-state index contributed by atoms with van der Waals surface area (Å²) in [6.45, 7) is 2.61. The Morgan fingerprint density at radius 3 is 2.73 bits per heavy atom. The summed E-state index contributed by atoms with van der Waals surface area (Å²) >= 11 is 0. The molecular formula is C16H21NO5. The van der Waals surface area contributed by atoms with Gasteiger partial charge in [-0.15, -0.1) is 0 Å². The fraction of sp³-hybridized carbons (Fsp3) is 0.500. The third-order valence-electron chi connectivity index (χ3n) is 3.45. The Hall–Kier alpha value is -1.92. The molecule has 22 heavy (non-hydrogen) atoms. The van der Waals surface area contributed by atoms with Crippen LogP contribution in [0.3, 0.4) is 0 Å². The van der Waals surface area contributed by atoms with E-state index < -0.39 is 5.97 Å². The van der Waals surface area contributed by atoms with E-state index in [2.05, 4.69) is 5.32 Å². The minimum atomic E-state index is -0.969. The zero-order chi connectivity index (χ0) is 15.8. The first-order valence-electron chi connectivity index (χ1n) is 7.43. The van der Waals surface area contributed by atoms with Crippen molar-refractivity contribution >= 4 is 11.9 Å². The van der Waals surface area contributed by atoms with Gasteiger partial charge in [-0.05, 0) is 30.5 Å². The number of hydrogen-bond acceptors (Lipinski definition) is 4. The lowest BCUT2D eigenvalue weighted by Crippen LogP contribution is -2.27. The van der Waals surface area contributed by atoms with Crippen molar-refractivity contribution < 1.29 is 24.2 Å². The van der Waals surface area contributed by atoms with E-state index in [0.717, 1.165) is 25.0 Å². The number of aromatic carboxylic acids is 1. The molecule has 0 aliphatic carbocycles. The molecule has 1 aliphatic rings. The quantitative estimate of drug-likeness (QED) is 0.706. The molecule has 0 aromatic heterocycles. The Morgan fingerprint density at radius 2 is 2.09 bits per heavy atom. The highest BCUT2D eigenvalue weighted by atomic mass is 16.5. The Kier molecular flexibility index (Phi) is 6.36. The van der Waals surface area contributed by atoms with Gasteiger partial charge in [0.25, 0.3) is 0 Å². The summed E-state index contributed by atoms with van der Waals surface area (Å²) in [6, 6.07) is 6.32. The normalized spacial score (nSPS) is 17.4. The first-order valence-corrected chi connectivity index (χ1v) is 7.43. The van der Waals surface area contributed by atoms with Gasteiger partial charge in [-0.25, -0.2) is 4.79 Å². The summed E-state index contributed by atoms with van der Waals surface area (Å²) in [4.78, 5) is 22.5. The number of carboxylic acid groups (broad SMARTS) is 1. The molecule has 2 rings (SSSR count). The van der Waals surface area contributed by atoms with Crippen molar-refractivity contribution in [1.29, 1.82) is 0 Å². The van der Waals surface area contributed by atoms with Crippen LogP contribution in [0.25, 0.3) is 0 Å². The van der Waals surface area contributed by atoms with E-state index in [1.165, 1.54) is 12.1 Å². The smallest absolute Gasteiger partial charge is 0.335 e. The first-order chi connectivity index (χ1) is 10.6. The predicted molar refractivity (Wildman–Crippen MR) is 79.9 cm³/mol. The van der Waals surface area contributed by atoms with E-state index in [9.17, 15) is 9.59 Å². The molecule has 1 aliphatic heterocycles. The summed E-state index contributed by atoms with van der Waals surface area (Å²) in [5.41, 5.74) is 1.01. The lowest BCUT2D eigenvalue weighted by atomic mass is 10.1. The van der Waals surface area contributed by atoms with Crippen LogP contribution in [0, 0.1) is 0 Å². The molecule has 2 N–H and O–H groups in total. The highest BCUT2D eigenvalue weighted by Crippen LogP contribution is 2.08. The Bertz CT molecular complexity index is 494. The lowest BCUT2D eigenvalue weighted by molar-refractivity contribution is -0.120. The number of ether oxygens (including phenoxy) is 2. The van der Waals surface area contributed by atoms with Crippen LogP contribution in [-0.4, -0.2) is 49.5 Å². The molecule has 1 aromatic carbocycles. The molecule has 6 heteroatoms. The van der Waals surface area contributed by atoms with Gasteiger partial charge < -0.3 is 19.9 Å². The average molecular weight is 307 g/mol. The number of carboxylic acids is 1. The number of carbonyl (C=O) groups excluding carboxylic acids is 1. The molecule has 1 fully saturated rings. The summed E-state index contributed by atoms with van der Waals surface area (Å²) in [5.74, 6) is -1.05. The highest BCUT2D eigenvalue weighted by Gasteiger charge is 2.15. The Labute approximate surface area is 129 Å². The van der Waals surface area contributed by atoms with Crippen molar-refractivity contribution in [3.05, 3.63) is 35.4 Å². The van der Waals surface area contributed by atoms with Crippen LogP contribution in [0.4, 0.5) is 0 Å². The summed E-state index contributed by atoms with van der Waals surface area (Å²) in [5, 5.41) is 11.6. The molecule has 1 saturated heterocycles. The molecule has 1 heterocycles. The van der Waals surface area contributed by atoms with Crippen LogP contribution in [0.1, 0.15) is 28.8 Å². The van der Waals surface area contributed by atoms with Crippen LogP contribution >= 0.6 is 0 Å². The largest absolute Gasteiger partial charge is 0.478 e. The molecule has 0 spiro atoms. The van der Waals surface area contributed by atoms with Gasteiger partial charge in [0.1, 0.15) is 0 Å². The van der Waals surface area contributed by atoms with E-state index in [-0.39, 0.29) is 24.0 Å². The Balaban J connectivity index is 1.59. The molecule has 1 atom stereocenters. The van der Waals surface area contributed by atoms with Crippen molar-refractivity contribution in [2.24, 2.45) is 0 Å². The lowest BCUT2D eigenvalue weighted by Gasteiger charge is -2.10. The zero-order valence-corrected chi connectivity index (χ0v) is 12.4. The number of rotatable bonds is 8. The van der Waals surface area contributed by atoms with Crippen LogP contribution in [-0.2, 0) is 20.7 Å². The number of nitrogens with one attached hydrogen (secondary N) is 1. The number of benzene rings is 1. The highest BCUT2D eigenvalue weighted by molar-refractivity contribution is 5.87. The van der Waals surface area contributed by atoms with E-state index in [1.54, 1.807) is 12.1 Å². The van der Waals surface area contributed by atoms with Gasteiger partial charge in [-0.1, -0.05) is 12.1 Å². The summed E-state index contributed by atoms with van der Waals surface area (Å²) in [6.07, 6.45) is 2.15. The van der Waals surface area contributed by atoms with Gasteiger partial charge in [-0.3, -0.25) is 4.79 Å². The van der Waals surface area contributed by atoms with Crippen LogP contribution in [0.5, 0.6) is 0 Å². The fourth-order valence-corrected chi connectivity index (χ4v) is 2.21. The monoisotopic (exact) mass is 307 g/mol. The SMILES string of the molecule is O=C(Cc1ccc(C(=O)O)cc1)NCCCOC1CCOC1. The Morgan fingerprint density at radius 1 is 1.32 bits per heavy atom. The van der Waals surface area contributed by atoms with Crippen molar-refractivity contribution in [1.82, 2.24) is 5.32 Å². The van der Waals surface area contributed by atoms with Gasteiger partial charge >= 0.3 is 5.97 Å². The minimum Gasteiger partial charge on any atom is -0.478 e. The van der Waals surface area contributed by atoms with Gasteiger partial charge in [0, 0.05) is 19.8 Å². The van der Waals surface area contributed by atoms with Crippen molar-refractivity contribution in [2.45, 2.75) is 25.4 Å². The molecule has 1 unspecified atom stereocenters. The fourth-order valence-electron chi connectivity index (χ4n) is 2.21. The molecule has 6 nitrogen and oxygen atoms in total. The maximum Gasteiger partial charge on any atom is 0.335 e. The van der Waals surface area contributed by atoms with Gasteiger partial charge in [-0.2, -0.15) is 0 Å². The van der Waals surface area contributed by atoms with Crippen molar-refractivity contribution in [2.75, 3.05) is 26.4 Å². The predicted octanol–water partition coefficient (Wildman–Crippen LogP) is 1.24. The van der Waals surface area contributed by atoms with Crippen molar-refractivity contribution in [3.63, 3.8) is 0 Å². The first kappa shape index (κ1) is 16.5. The van der Waals surface area contributed by atoms with Crippen LogP contribution < -0.4 is 5.32 Å². The number of hydrogen-bond donors (Lipinski definition) is 2. The summed E-state index contributed by atoms with van der Waals surface area (Å²) in [7, 11) is 0. The maximum atomic E-state index is 11.8. The van der Waals surface area contributed by atoms with E-state index in [4.69, 9.17) is 14.6 Å². The minimum absolute atomic E-state index is 0.0766. The maximum absolute atomic E-state index is 11.8. The number of carbonyl (C=O) groups is 2. The molecule has 0 radical (unpaired) electrons. The summed E-state index contributed by atoms with van der Waals surface area (Å²) < 4.78 is 10.8. The molecule has 1 amide bonds. The third kappa shape index (κ3) is 5.46. The zero-order valence-electron chi connectivity index (χ0n) is 12.4. The number of amides is 1. The second-order valence-electron chi connectivity index (χ2n) is 5.24. The molecule has 120 valence electrons. The standard InChI is InChI=1S/C16H21NO5/c18-15(10-12-2-4-13(5-3-12)16(19)20)17-7-1-8-22-14-6-9-21-11-14/h2-5,14H,1,6-11H2,(H,17,18)(H,19,20). The second-order valence-corrected chi connectivity index (χ2v) is 5.24. The average Bonchev–Trinajstić information content (AvgIpc) is 3.00. The van der Waals surface area contributed by atoms with Crippen molar-refractivity contribution in [3.8, 4) is 0 Å². The molecule has 0 bridgehead atoms. The second kappa shape index (κ2) is 8.51. The molecule has 0 saturated carbocycles. The van der Waals surface area contributed by atoms with Crippen LogP contribution in [0.2, 0.25) is 0 Å². The van der Waals surface area contributed by atoms with Gasteiger partial charge in [0.05, 0.1) is 24.7 Å². The molecular weight excluding hydrogens is 286 g/mol.